The molecule has 0 radical (unpaired) electrons. The third kappa shape index (κ3) is 7.14. The third-order valence-corrected chi connectivity index (χ3v) is 9.32. The molecule has 1 aliphatic rings. The number of nitrogens with zero attached hydrogens (tertiary/aromatic N) is 2. The first kappa shape index (κ1) is 31.3. The van der Waals surface area contributed by atoms with E-state index in [2.05, 4.69) is 31.1 Å². The lowest BCUT2D eigenvalue weighted by molar-refractivity contribution is -0.138. The summed E-state index contributed by atoms with van der Waals surface area (Å²) in [5.74, 6) is -1.94. The van der Waals surface area contributed by atoms with Crippen molar-refractivity contribution < 1.29 is 23.1 Å². The Hall–Kier alpha value is -4.14. The van der Waals surface area contributed by atoms with Crippen molar-refractivity contribution in [1.82, 2.24) is 35.8 Å². The highest BCUT2D eigenvalue weighted by molar-refractivity contribution is 7.89. The average molecular weight is 620 g/mol. The molecule has 0 spiro atoms. The van der Waals surface area contributed by atoms with E-state index < -0.39 is 34.5 Å². The molecule has 232 valence electrons. The quantitative estimate of drug-likeness (QED) is 0.123. The molecule has 1 unspecified atom stereocenters. The van der Waals surface area contributed by atoms with Gasteiger partial charge in [-0.05, 0) is 61.2 Å². The van der Waals surface area contributed by atoms with E-state index in [-0.39, 0.29) is 11.2 Å². The monoisotopic (exact) mass is 619 g/mol. The highest BCUT2D eigenvalue weighted by Gasteiger charge is 2.29. The number of carboxylic acid groups (broad SMARTS) is 1. The Morgan fingerprint density at radius 2 is 1.73 bits per heavy atom. The number of hydrogen-bond acceptors (Lipinski definition) is 8. The van der Waals surface area contributed by atoms with Gasteiger partial charge in [-0.15, -0.1) is 0 Å². The van der Waals surface area contributed by atoms with Gasteiger partial charge in [0.25, 0.3) is 5.91 Å². The van der Waals surface area contributed by atoms with Gasteiger partial charge in [-0.2, -0.15) is 9.82 Å². The fraction of sp³-hybridized carbons (Fsp3) is 0.323. The normalized spacial score (nSPS) is 14.6. The Bertz CT molecular complexity index is 1730. The number of hydrogen-bond donors (Lipinski definition) is 6. The molecule has 0 aliphatic carbocycles. The molecule has 1 atom stereocenters. The third-order valence-electron chi connectivity index (χ3n) is 7.55. The number of aromatic nitrogens is 2. The van der Waals surface area contributed by atoms with Gasteiger partial charge in [-0.1, -0.05) is 48.5 Å². The van der Waals surface area contributed by atoms with E-state index in [4.69, 9.17) is 0 Å². The molecule has 1 fully saturated rings. The molecule has 6 N–H and O–H groups in total. The van der Waals surface area contributed by atoms with Crippen molar-refractivity contribution >= 4 is 32.8 Å². The number of aryl methyl sites for hydroxylation is 3. The van der Waals surface area contributed by atoms with E-state index in [1.54, 1.807) is 44.3 Å². The molecule has 1 aliphatic heterocycles. The van der Waals surface area contributed by atoms with Crippen LogP contribution < -0.4 is 26.0 Å². The zero-order valence-electron chi connectivity index (χ0n) is 24.6. The Kier molecular flexibility index (Phi) is 9.71. The number of fused-ring (bicyclic) bond motifs is 1. The highest BCUT2D eigenvalue weighted by Crippen LogP contribution is 2.28. The van der Waals surface area contributed by atoms with Crippen LogP contribution in [0, 0.1) is 13.8 Å². The minimum absolute atomic E-state index is 0.0120. The van der Waals surface area contributed by atoms with Crippen molar-refractivity contribution in [3.8, 4) is 11.1 Å². The van der Waals surface area contributed by atoms with Crippen LogP contribution in [-0.4, -0.2) is 73.7 Å². The Morgan fingerprint density at radius 1 is 1.02 bits per heavy atom. The standard InChI is InChI=1S/C31H37N7O5S/c1-20-16-23(22-8-4-3-5-9-22)17-21(2)28(20)44(42,43)37-26(30(40)41)19-35-29(39)24-10-6-11-27-25(24)18-36-38(27)15-7-12-32-31-33-13-14-34-31/h3-6,8-11,16-18,26,31-34,37H,7,12-15,19H2,1-2H3,(H,35,39)(H,40,41). The molecule has 0 saturated carbocycles. The lowest BCUT2D eigenvalue weighted by Gasteiger charge is -2.19. The van der Waals surface area contributed by atoms with Crippen LogP contribution in [0.4, 0.5) is 0 Å². The van der Waals surface area contributed by atoms with E-state index >= 15 is 0 Å². The number of sulfonamides is 1. The Balaban J connectivity index is 1.24. The number of aliphatic carboxylic acids is 1. The second-order valence-electron chi connectivity index (χ2n) is 10.8. The molecule has 0 bridgehead atoms. The van der Waals surface area contributed by atoms with E-state index in [9.17, 15) is 23.1 Å². The van der Waals surface area contributed by atoms with Gasteiger partial charge in [-0.3, -0.25) is 30.2 Å². The number of rotatable bonds is 13. The second kappa shape index (κ2) is 13.7. The lowest BCUT2D eigenvalue weighted by atomic mass is 10.0. The van der Waals surface area contributed by atoms with E-state index in [0.29, 0.717) is 28.6 Å². The SMILES string of the molecule is Cc1cc(-c2ccccc2)cc(C)c1S(=O)(=O)NC(CNC(=O)c1cccc2c1cnn2CCCNC1NCCN1)C(=O)O. The predicted molar refractivity (Wildman–Crippen MR) is 168 cm³/mol. The van der Waals surface area contributed by atoms with Crippen LogP contribution in [-0.2, 0) is 21.4 Å². The van der Waals surface area contributed by atoms with Crippen LogP contribution in [0.5, 0.6) is 0 Å². The molecule has 12 nitrogen and oxygen atoms in total. The van der Waals surface area contributed by atoms with Gasteiger partial charge in [0.1, 0.15) is 12.3 Å². The molecule has 5 rings (SSSR count). The van der Waals surface area contributed by atoms with Gasteiger partial charge >= 0.3 is 5.97 Å². The zero-order chi connectivity index (χ0) is 31.3. The summed E-state index contributed by atoms with van der Waals surface area (Å²) in [6, 6.07) is 16.7. The van der Waals surface area contributed by atoms with Gasteiger partial charge < -0.3 is 10.4 Å². The molecular weight excluding hydrogens is 582 g/mol. The van der Waals surface area contributed by atoms with Crippen LogP contribution in [0.2, 0.25) is 0 Å². The van der Waals surface area contributed by atoms with Crippen molar-refractivity contribution in [3.63, 3.8) is 0 Å². The summed E-state index contributed by atoms with van der Waals surface area (Å²) in [6.45, 7) is 6.16. The maximum Gasteiger partial charge on any atom is 0.323 e. The smallest absolute Gasteiger partial charge is 0.323 e. The van der Waals surface area contributed by atoms with Crippen LogP contribution in [0.25, 0.3) is 22.0 Å². The fourth-order valence-corrected chi connectivity index (χ4v) is 7.13. The number of carboxylic acids is 1. The first-order valence-corrected chi connectivity index (χ1v) is 16.0. The zero-order valence-corrected chi connectivity index (χ0v) is 25.4. The summed E-state index contributed by atoms with van der Waals surface area (Å²) in [4.78, 5) is 25.3. The molecule has 1 amide bonds. The lowest BCUT2D eigenvalue weighted by Crippen LogP contribution is -2.48. The van der Waals surface area contributed by atoms with E-state index in [0.717, 1.165) is 42.7 Å². The second-order valence-corrected chi connectivity index (χ2v) is 12.4. The molecule has 13 heteroatoms. The highest BCUT2D eigenvalue weighted by atomic mass is 32.2. The van der Waals surface area contributed by atoms with Crippen LogP contribution in [0.15, 0.2) is 71.8 Å². The maximum absolute atomic E-state index is 13.4. The summed E-state index contributed by atoms with van der Waals surface area (Å²) in [5, 5.41) is 27.5. The van der Waals surface area contributed by atoms with E-state index in [1.807, 2.05) is 41.1 Å². The minimum atomic E-state index is -4.23. The van der Waals surface area contributed by atoms with Gasteiger partial charge in [0.15, 0.2) is 0 Å². The van der Waals surface area contributed by atoms with Crippen molar-refractivity contribution in [3.05, 3.63) is 83.6 Å². The molecule has 3 aromatic carbocycles. The van der Waals surface area contributed by atoms with Crippen LogP contribution >= 0.6 is 0 Å². The average Bonchev–Trinajstić information content (AvgIpc) is 3.67. The molecule has 2 heterocycles. The van der Waals surface area contributed by atoms with E-state index in [1.165, 1.54) is 0 Å². The Morgan fingerprint density at radius 3 is 2.41 bits per heavy atom. The number of amides is 1. The molecular formula is C31H37N7O5S. The van der Waals surface area contributed by atoms with Gasteiger partial charge in [0.2, 0.25) is 10.0 Å². The summed E-state index contributed by atoms with van der Waals surface area (Å²) in [7, 11) is -4.23. The summed E-state index contributed by atoms with van der Waals surface area (Å²) in [6.07, 6.45) is 2.54. The van der Waals surface area contributed by atoms with Crippen molar-refractivity contribution in [2.45, 2.75) is 44.0 Å². The summed E-state index contributed by atoms with van der Waals surface area (Å²) in [5.41, 5.74) is 3.85. The van der Waals surface area contributed by atoms with Crippen molar-refractivity contribution in [2.24, 2.45) is 0 Å². The number of nitrogens with one attached hydrogen (secondary N) is 5. The minimum Gasteiger partial charge on any atom is -0.480 e. The number of carbonyl (C=O) groups excluding carboxylic acids is 1. The number of carbonyl (C=O) groups is 2. The van der Waals surface area contributed by atoms with Crippen molar-refractivity contribution in [1.29, 1.82) is 0 Å². The Labute approximate surface area is 256 Å². The molecule has 1 aromatic heterocycles. The summed E-state index contributed by atoms with van der Waals surface area (Å²) >= 11 is 0. The maximum atomic E-state index is 13.4. The number of benzene rings is 3. The van der Waals surface area contributed by atoms with Crippen molar-refractivity contribution in [2.75, 3.05) is 26.2 Å². The first-order valence-electron chi connectivity index (χ1n) is 14.5. The topological polar surface area (TPSA) is 166 Å². The molecule has 4 aromatic rings. The fourth-order valence-electron chi connectivity index (χ4n) is 5.49. The van der Waals surface area contributed by atoms with Crippen LogP contribution in [0.1, 0.15) is 27.9 Å². The molecule has 1 saturated heterocycles. The van der Waals surface area contributed by atoms with Crippen LogP contribution in [0.3, 0.4) is 0 Å². The molecule has 44 heavy (non-hydrogen) atoms. The van der Waals surface area contributed by atoms with Gasteiger partial charge in [0, 0.05) is 31.6 Å². The largest absolute Gasteiger partial charge is 0.480 e. The van der Waals surface area contributed by atoms with Gasteiger partial charge in [-0.25, -0.2) is 8.42 Å². The predicted octanol–water partition coefficient (Wildman–Crippen LogP) is 1.94. The summed E-state index contributed by atoms with van der Waals surface area (Å²) < 4.78 is 30.9. The van der Waals surface area contributed by atoms with Gasteiger partial charge in [0.05, 0.1) is 22.2 Å². The first-order chi connectivity index (χ1) is 21.1.